The molecule has 1 aromatic rings. The summed E-state index contributed by atoms with van der Waals surface area (Å²) in [5.74, 6) is -0.204. The Morgan fingerprint density at radius 1 is 1.38 bits per heavy atom. The van der Waals surface area contributed by atoms with Crippen molar-refractivity contribution in [3.8, 4) is 0 Å². The zero-order valence-electron chi connectivity index (χ0n) is 6.90. The Bertz CT molecular complexity index is 352. The minimum atomic E-state index is -0.204. The molecule has 1 amide bonds. The fourth-order valence-electron chi connectivity index (χ4n) is 0.860. The molecule has 5 heteroatoms. The fourth-order valence-corrected chi connectivity index (χ4v) is 1.20. The average Bonchev–Trinajstić information content (AvgIpc) is 1.99. The van der Waals surface area contributed by atoms with E-state index in [1.54, 1.807) is 0 Å². The molecule has 0 aliphatic carbocycles. The Kier molecular flexibility index (Phi) is 3.01. The Balaban J connectivity index is 3.08. The second kappa shape index (κ2) is 3.85. The van der Waals surface area contributed by atoms with Gasteiger partial charge in [-0.25, -0.2) is 0 Å². The summed E-state index contributed by atoms with van der Waals surface area (Å²) in [4.78, 5) is 10.7. The van der Waals surface area contributed by atoms with E-state index < -0.39 is 0 Å². The second-order valence-electron chi connectivity index (χ2n) is 2.53. The molecule has 3 N–H and O–H groups in total. The highest BCUT2D eigenvalue weighted by atomic mass is 35.5. The van der Waals surface area contributed by atoms with Gasteiger partial charge in [-0.05, 0) is 12.1 Å². The molecule has 3 nitrogen and oxygen atoms in total. The Hall–Kier alpha value is -0.930. The number of amides is 1. The Morgan fingerprint density at radius 3 is 2.46 bits per heavy atom. The van der Waals surface area contributed by atoms with E-state index in [-0.39, 0.29) is 5.91 Å². The van der Waals surface area contributed by atoms with E-state index in [2.05, 4.69) is 5.32 Å². The van der Waals surface area contributed by atoms with Crippen LogP contribution in [0.15, 0.2) is 12.1 Å². The van der Waals surface area contributed by atoms with Gasteiger partial charge in [-0.2, -0.15) is 0 Å². The standard InChI is InChI=1S/C8H8Cl2N2O/c1-4(13)12-8-3-6(10)5(9)2-7(8)11/h2-3H,11H2,1H3,(H,12,13). The molecule has 1 aromatic carbocycles. The molecule has 0 bridgehead atoms. The highest BCUT2D eigenvalue weighted by molar-refractivity contribution is 6.42. The van der Waals surface area contributed by atoms with Gasteiger partial charge in [0.15, 0.2) is 0 Å². The molecule has 0 atom stereocenters. The second-order valence-corrected chi connectivity index (χ2v) is 3.35. The number of hydrogen-bond acceptors (Lipinski definition) is 2. The normalized spacial score (nSPS) is 9.77. The van der Waals surface area contributed by atoms with Crippen molar-refractivity contribution in [2.24, 2.45) is 0 Å². The number of nitrogens with two attached hydrogens (primary N) is 1. The highest BCUT2D eigenvalue weighted by Gasteiger charge is 2.05. The lowest BCUT2D eigenvalue weighted by molar-refractivity contribution is -0.114. The van der Waals surface area contributed by atoms with Gasteiger partial charge in [-0.15, -0.1) is 0 Å². The van der Waals surface area contributed by atoms with Gasteiger partial charge < -0.3 is 11.1 Å². The van der Waals surface area contributed by atoms with Crippen LogP contribution in [0.1, 0.15) is 6.92 Å². The first kappa shape index (κ1) is 10.2. The van der Waals surface area contributed by atoms with Crippen LogP contribution in [0.2, 0.25) is 10.0 Å². The number of rotatable bonds is 1. The van der Waals surface area contributed by atoms with Crippen molar-refractivity contribution in [1.82, 2.24) is 0 Å². The molecule has 0 radical (unpaired) electrons. The van der Waals surface area contributed by atoms with E-state index in [1.165, 1.54) is 19.1 Å². The topological polar surface area (TPSA) is 55.1 Å². The summed E-state index contributed by atoms with van der Waals surface area (Å²) < 4.78 is 0. The number of nitrogens with one attached hydrogen (secondary N) is 1. The maximum Gasteiger partial charge on any atom is 0.221 e. The van der Waals surface area contributed by atoms with Crippen molar-refractivity contribution in [2.75, 3.05) is 11.1 Å². The van der Waals surface area contributed by atoms with E-state index >= 15 is 0 Å². The molecule has 0 fully saturated rings. The zero-order chi connectivity index (χ0) is 10.0. The predicted molar refractivity (Wildman–Crippen MR) is 55.2 cm³/mol. The van der Waals surface area contributed by atoms with Gasteiger partial charge in [0, 0.05) is 6.92 Å². The van der Waals surface area contributed by atoms with Crippen LogP contribution in [0.5, 0.6) is 0 Å². The highest BCUT2D eigenvalue weighted by Crippen LogP contribution is 2.30. The first-order valence-electron chi connectivity index (χ1n) is 3.53. The van der Waals surface area contributed by atoms with Crippen molar-refractivity contribution in [1.29, 1.82) is 0 Å². The average molecular weight is 219 g/mol. The number of anilines is 2. The summed E-state index contributed by atoms with van der Waals surface area (Å²) in [5, 5.41) is 3.26. The van der Waals surface area contributed by atoms with Crippen LogP contribution in [0.25, 0.3) is 0 Å². The van der Waals surface area contributed by atoms with Gasteiger partial charge in [-0.3, -0.25) is 4.79 Å². The van der Waals surface area contributed by atoms with Gasteiger partial charge in [-0.1, -0.05) is 23.2 Å². The number of nitrogen functional groups attached to an aromatic ring is 1. The van der Waals surface area contributed by atoms with E-state index in [0.717, 1.165) is 0 Å². The van der Waals surface area contributed by atoms with Gasteiger partial charge in [0.1, 0.15) is 0 Å². The van der Waals surface area contributed by atoms with Crippen LogP contribution in [0.3, 0.4) is 0 Å². The molecule has 0 heterocycles. The number of carbonyl (C=O) groups is 1. The third-order valence-electron chi connectivity index (χ3n) is 1.40. The number of carbonyl (C=O) groups excluding carboxylic acids is 1. The zero-order valence-corrected chi connectivity index (χ0v) is 8.41. The van der Waals surface area contributed by atoms with E-state index in [1.807, 2.05) is 0 Å². The van der Waals surface area contributed by atoms with E-state index in [9.17, 15) is 4.79 Å². The molecular formula is C8H8Cl2N2O. The van der Waals surface area contributed by atoms with Crippen molar-refractivity contribution in [2.45, 2.75) is 6.92 Å². The van der Waals surface area contributed by atoms with Crippen LogP contribution >= 0.6 is 23.2 Å². The van der Waals surface area contributed by atoms with Gasteiger partial charge in [0.25, 0.3) is 0 Å². The number of benzene rings is 1. The lowest BCUT2D eigenvalue weighted by Gasteiger charge is -2.07. The van der Waals surface area contributed by atoms with E-state index in [0.29, 0.717) is 21.4 Å². The summed E-state index contributed by atoms with van der Waals surface area (Å²) in [5.41, 5.74) is 6.45. The smallest absolute Gasteiger partial charge is 0.221 e. The Labute approximate surface area is 85.8 Å². The molecule has 0 aliphatic heterocycles. The van der Waals surface area contributed by atoms with Gasteiger partial charge in [0.05, 0.1) is 21.4 Å². The third-order valence-corrected chi connectivity index (χ3v) is 2.13. The quantitative estimate of drug-likeness (QED) is 0.713. The SMILES string of the molecule is CC(=O)Nc1cc(Cl)c(Cl)cc1N. The van der Waals surface area contributed by atoms with Crippen LogP contribution in [0.4, 0.5) is 11.4 Å². The molecule has 0 saturated carbocycles. The largest absolute Gasteiger partial charge is 0.397 e. The first-order valence-corrected chi connectivity index (χ1v) is 4.28. The minimum Gasteiger partial charge on any atom is -0.397 e. The first-order chi connectivity index (χ1) is 6.00. The van der Waals surface area contributed by atoms with Crippen molar-refractivity contribution in [3.63, 3.8) is 0 Å². The van der Waals surface area contributed by atoms with Gasteiger partial charge in [0.2, 0.25) is 5.91 Å². The summed E-state index contributed by atoms with van der Waals surface area (Å²) in [6.45, 7) is 1.39. The van der Waals surface area contributed by atoms with Crippen LogP contribution in [0, 0.1) is 0 Å². The van der Waals surface area contributed by atoms with Crippen molar-refractivity contribution in [3.05, 3.63) is 22.2 Å². The summed E-state index contributed by atoms with van der Waals surface area (Å²) in [6, 6.07) is 3.01. The minimum absolute atomic E-state index is 0.204. The molecule has 1 rings (SSSR count). The molecule has 0 spiro atoms. The molecular weight excluding hydrogens is 211 g/mol. The third kappa shape index (κ3) is 2.50. The molecule has 0 unspecified atom stereocenters. The fraction of sp³-hybridized carbons (Fsp3) is 0.125. The molecule has 0 aliphatic rings. The van der Waals surface area contributed by atoms with E-state index in [4.69, 9.17) is 28.9 Å². The van der Waals surface area contributed by atoms with Crippen LogP contribution < -0.4 is 11.1 Å². The van der Waals surface area contributed by atoms with Crippen LogP contribution in [-0.2, 0) is 4.79 Å². The molecule has 0 saturated heterocycles. The molecule has 13 heavy (non-hydrogen) atoms. The van der Waals surface area contributed by atoms with Gasteiger partial charge >= 0.3 is 0 Å². The monoisotopic (exact) mass is 218 g/mol. The number of halogens is 2. The van der Waals surface area contributed by atoms with Crippen LogP contribution in [-0.4, -0.2) is 5.91 Å². The van der Waals surface area contributed by atoms with Crippen molar-refractivity contribution < 1.29 is 4.79 Å². The summed E-state index contributed by atoms with van der Waals surface area (Å²) >= 11 is 11.4. The maximum atomic E-state index is 10.7. The lowest BCUT2D eigenvalue weighted by atomic mass is 10.2. The molecule has 70 valence electrons. The maximum absolute atomic E-state index is 10.7. The summed E-state index contributed by atoms with van der Waals surface area (Å²) in [7, 11) is 0. The lowest BCUT2D eigenvalue weighted by Crippen LogP contribution is -2.07. The predicted octanol–water partition coefficient (Wildman–Crippen LogP) is 2.53. The summed E-state index contributed by atoms with van der Waals surface area (Å²) in [6.07, 6.45) is 0. The molecule has 0 aromatic heterocycles. The van der Waals surface area contributed by atoms with Crippen molar-refractivity contribution >= 4 is 40.5 Å². The number of hydrogen-bond donors (Lipinski definition) is 2. The Morgan fingerprint density at radius 2 is 1.92 bits per heavy atom.